The van der Waals surface area contributed by atoms with Gasteiger partial charge >= 0.3 is 0 Å². The van der Waals surface area contributed by atoms with Crippen LogP contribution in [0.5, 0.6) is 0 Å². The van der Waals surface area contributed by atoms with E-state index in [0.717, 1.165) is 0 Å². The zero-order valence-corrected chi connectivity index (χ0v) is 36.4. The first-order chi connectivity index (χ1) is 31.3. The van der Waals surface area contributed by atoms with E-state index in [4.69, 9.17) is 0 Å². The summed E-state index contributed by atoms with van der Waals surface area (Å²) >= 11 is 0. The molecule has 1 saturated carbocycles. The molecule has 0 atom stereocenters. The fraction of sp³-hybridized carbons (Fsp3) is 0.100. The first-order valence-corrected chi connectivity index (χ1v) is 24.7. The van der Waals surface area contributed by atoms with Gasteiger partial charge in [0.1, 0.15) is 0 Å². The van der Waals surface area contributed by atoms with Gasteiger partial charge in [-0.1, -0.05) is 195 Å². The first-order valence-electron chi connectivity index (χ1n) is 22.7. The molecule has 2 nitrogen and oxygen atoms in total. The molecule has 9 aromatic carbocycles. The van der Waals surface area contributed by atoms with Crippen molar-refractivity contribution >= 4 is 72.4 Å². The fourth-order valence-corrected chi connectivity index (χ4v) is 15.9. The van der Waals surface area contributed by atoms with E-state index in [1.165, 1.54) is 125 Å². The number of benzene rings is 9. The third-order valence-electron chi connectivity index (χ3n) is 14.1. The molecule has 0 N–H and O–H groups in total. The van der Waals surface area contributed by atoms with Gasteiger partial charge in [0.15, 0.2) is 8.07 Å². The van der Waals surface area contributed by atoms with E-state index in [1.807, 2.05) is 0 Å². The van der Waals surface area contributed by atoms with Crippen molar-refractivity contribution in [2.45, 2.75) is 38.0 Å². The van der Waals surface area contributed by atoms with Gasteiger partial charge in [0, 0.05) is 32.9 Å². The maximum absolute atomic E-state index is 2.83. The number of hydrogen-bond acceptors (Lipinski definition) is 0. The summed E-state index contributed by atoms with van der Waals surface area (Å²) < 4.78 is 5.02. The van der Waals surface area contributed by atoms with E-state index in [2.05, 4.69) is 234 Å². The highest BCUT2D eigenvalue weighted by Gasteiger charge is 2.41. The standard InChI is InChI=1S/C60H48N2Si/c1-5-18-43(19-6-1)45-32-36-51(37-33-45)63(49-23-9-3-10-24-49,50-25-11-4-12-26-50)52-27-17-22-47(41-52)61-58-31-16-14-29-54(58)56-42-48(35-39-59(56)61)62-57-30-15-13-28-53(57)55-38-34-46(40-60(55)62)44-20-7-2-8-21-44/h1,3-6,9-19,22-42,44H,2,7-8,20-21H2. The lowest BCUT2D eigenvalue weighted by molar-refractivity contribution is 0.444. The van der Waals surface area contributed by atoms with Crippen LogP contribution in [-0.2, 0) is 0 Å². The average molecular weight is 825 g/mol. The highest BCUT2D eigenvalue weighted by Crippen LogP contribution is 2.40. The predicted octanol–water partition coefficient (Wildman–Crippen LogP) is 13.0. The molecule has 63 heavy (non-hydrogen) atoms. The van der Waals surface area contributed by atoms with Gasteiger partial charge in [-0.05, 0) is 105 Å². The summed E-state index contributed by atoms with van der Waals surface area (Å²) in [4.78, 5) is 0. The van der Waals surface area contributed by atoms with Crippen molar-refractivity contribution in [3.05, 3.63) is 230 Å². The Morgan fingerprint density at radius 3 is 1.51 bits per heavy atom. The van der Waals surface area contributed by atoms with Crippen LogP contribution < -0.4 is 20.7 Å². The second-order valence-corrected chi connectivity index (χ2v) is 21.3. The van der Waals surface area contributed by atoms with Crippen molar-refractivity contribution in [1.29, 1.82) is 0 Å². The minimum absolute atomic E-state index is 0.644. The highest BCUT2D eigenvalue weighted by atomic mass is 28.3. The van der Waals surface area contributed by atoms with Gasteiger partial charge in [0.2, 0.25) is 0 Å². The molecular weight excluding hydrogens is 777 g/mol. The molecule has 1 fully saturated rings. The number of fused-ring (bicyclic) bond motifs is 6. The SMILES string of the molecule is c1ccc(-c2ccc([Si](c3ccccc3)(c3ccccc3)c3cccc(-n4c5ccccc5c5cc(-n6c7ccccc7c7ccc(C8CCCCC8)cc76)ccc54)c3)cc2)cc1. The van der Waals surface area contributed by atoms with E-state index in [1.54, 1.807) is 0 Å². The van der Waals surface area contributed by atoms with E-state index in [-0.39, 0.29) is 0 Å². The van der Waals surface area contributed by atoms with Crippen molar-refractivity contribution in [3.8, 4) is 22.5 Å². The van der Waals surface area contributed by atoms with Crippen molar-refractivity contribution in [3.63, 3.8) is 0 Å². The minimum Gasteiger partial charge on any atom is -0.309 e. The number of nitrogens with zero attached hydrogens (tertiary/aromatic N) is 2. The van der Waals surface area contributed by atoms with Crippen LogP contribution in [0.2, 0.25) is 0 Å². The van der Waals surface area contributed by atoms with Crippen LogP contribution in [0, 0.1) is 0 Å². The molecular formula is C60H48N2Si. The van der Waals surface area contributed by atoms with E-state index >= 15 is 0 Å². The number of rotatable bonds is 8. The Balaban J connectivity index is 1.06. The largest absolute Gasteiger partial charge is 0.309 e. The molecule has 0 amide bonds. The number of para-hydroxylation sites is 2. The lowest BCUT2D eigenvalue weighted by Gasteiger charge is -2.35. The normalized spacial score (nSPS) is 13.7. The van der Waals surface area contributed by atoms with Crippen LogP contribution in [0.4, 0.5) is 0 Å². The summed E-state index contributed by atoms with van der Waals surface area (Å²) in [7, 11) is -2.83. The topological polar surface area (TPSA) is 9.86 Å². The Bertz CT molecular complexity index is 3370. The number of hydrogen-bond donors (Lipinski definition) is 0. The summed E-state index contributed by atoms with van der Waals surface area (Å²) in [5.74, 6) is 0.644. The van der Waals surface area contributed by atoms with Gasteiger partial charge in [-0.2, -0.15) is 0 Å². The Morgan fingerprint density at radius 1 is 0.317 bits per heavy atom. The van der Waals surface area contributed by atoms with Crippen LogP contribution in [0.25, 0.3) is 66.1 Å². The van der Waals surface area contributed by atoms with Gasteiger partial charge < -0.3 is 9.13 Å². The number of aromatic nitrogens is 2. The third-order valence-corrected chi connectivity index (χ3v) is 18.8. The van der Waals surface area contributed by atoms with Crippen LogP contribution in [0.1, 0.15) is 43.6 Å². The van der Waals surface area contributed by atoms with Crippen LogP contribution >= 0.6 is 0 Å². The quantitative estimate of drug-likeness (QED) is 0.107. The summed E-state index contributed by atoms with van der Waals surface area (Å²) in [6.07, 6.45) is 6.61. The molecule has 302 valence electrons. The Kier molecular flexibility index (Phi) is 9.30. The van der Waals surface area contributed by atoms with E-state index in [9.17, 15) is 0 Å². The van der Waals surface area contributed by atoms with E-state index in [0.29, 0.717) is 5.92 Å². The second-order valence-electron chi connectivity index (χ2n) is 17.5. The van der Waals surface area contributed by atoms with Crippen molar-refractivity contribution in [2.75, 3.05) is 0 Å². The van der Waals surface area contributed by atoms with Crippen LogP contribution in [0.15, 0.2) is 224 Å². The average Bonchev–Trinajstić information content (AvgIpc) is 3.88. The Labute approximate surface area is 370 Å². The van der Waals surface area contributed by atoms with Gasteiger partial charge in [-0.3, -0.25) is 0 Å². The van der Waals surface area contributed by atoms with Crippen molar-refractivity contribution in [2.24, 2.45) is 0 Å². The second kappa shape index (κ2) is 15.6. The maximum Gasteiger partial charge on any atom is 0.179 e. The lowest BCUT2D eigenvalue weighted by Crippen LogP contribution is -2.74. The molecule has 0 radical (unpaired) electrons. The molecule has 0 unspecified atom stereocenters. The molecule has 0 bridgehead atoms. The smallest absolute Gasteiger partial charge is 0.179 e. The Morgan fingerprint density at radius 2 is 0.825 bits per heavy atom. The lowest BCUT2D eigenvalue weighted by atomic mass is 9.84. The fourth-order valence-electron chi connectivity index (χ4n) is 11.1. The van der Waals surface area contributed by atoms with Crippen molar-refractivity contribution < 1.29 is 0 Å². The van der Waals surface area contributed by atoms with Gasteiger partial charge in [-0.15, -0.1) is 0 Å². The summed E-state index contributed by atoms with van der Waals surface area (Å²) in [6.45, 7) is 0. The molecule has 3 heteroatoms. The van der Waals surface area contributed by atoms with E-state index < -0.39 is 8.07 Å². The molecule has 0 saturated heterocycles. The molecule has 0 aliphatic heterocycles. The summed E-state index contributed by atoms with van der Waals surface area (Å²) in [5, 5.41) is 10.6. The summed E-state index contributed by atoms with van der Waals surface area (Å²) in [5.41, 5.74) is 11.3. The molecule has 12 rings (SSSR count). The van der Waals surface area contributed by atoms with Gasteiger partial charge in [-0.25, -0.2) is 0 Å². The van der Waals surface area contributed by atoms with Crippen LogP contribution in [0.3, 0.4) is 0 Å². The monoisotopic (exact) mass is 824 g/mol. The molecule has 1 aliphatic carbocycles. The van der Waals surface area contributed by atoms with Crippen molar-refractivity contribution in [1.82, 2.24) is 9.13 Å². The zero-order chi connectivity index (χ0) is 41.7. The highest BCUT2D eigenvalue weighted by molar-refractivity contribution is 7.19. The molecule has 1 aliphatic rings. The third kappa shape index (κ3) is 6.21. The Hall–Kier alpha value is -7.20. The van der Waals surface area contributed by atoms with Gasteiger partial charge in [0.05, 0.1) is 22.1 Å². The molecule has 2 aromatic heterocycles. The molecule has 2 heterocycles. The minimum atomic E-state index is -2.83. The predicted molar refractivity (Wildman–Crippen MR) is 270 cm³/mol. The molecule has 0 spiro atoms. The summed E-state index contributed by atoms with van der Waals surface area (Å²) in [6, 6.07) is 84.5. The first kappa shape index (κ1) is 37.5. The molecule has 11 aromatic rings. The van der Waals surface area contributed by atoms with Crippen LogP contribution in [-0.4, -0.2) is 17.2 Å². The van der Waals surface area contributed by atoms with Gasteiger partial charge in [0.25, 0.3) is 0 Å². The maximum atomic E-state index is 2.52. The zero-order valence-electron chi connectivity index (χ0n) is 35.4.